The van der Waals surface area contributed by atoms with E-state index in [9.17, 15) is 5.11 Å². The van der Waals surface area contributed by atoms with Gasteiger partial charge in [-0.05, 0) is 118 Å². The van der Waals surface area contributed by atoms with Gasteiger partial charge in [0, 0.05) is 16.5 Å². The molecule has 2 heteroatoms. The van der Waals surface area contributed by atoms with Crippen molar-refractivity contribution in [1.82, 2.24) is 0 Å². The molecular formula is C57H68O2. The first-order valence-electron chi connectivity index (χ1n) is 21.4. The van der Waals surface area contributed by atoms with E-state index < -0.39 is 5.41 Å². The fourth-order valence-corrected chi connectivity index (χ4v) is 8.12. The van der Waals surface area contributed by atoms with Crippen LogP contribution in [0.1, 0.15) is 136 Å². The van der Waals surface area contributed by atoms with Crippen LogP contribution < -0.4 is 4.74 Å². The molecule has 0 spiro atoms. The smallest absolute Gasteiger partial charge is 0.134 e. The second kappa shape index (κ2) is 15.9. The molecule has 6 aromatic carbocycles. The molecule has 0 aliphatic heterocycles. The molecule has 308 valence electrons. The molecular weight excluding hydrogens is 717 g/mol. The lowest BCUT2D eigenvalue weighted by atomic mass is 9.73. The molecule has 1 N–H and O–H groups in total. The maximum atomic E-state index is 11.2. The summed E-state index contributed by atoms with van der Waals surface area (Å²) in [6.45, 7) is 31.6. The predicted molar refractivity (Wildman–Crippen MR) is 254 cm³/mol. The first-order valence-corrected chi connectivity index (χ1v) is 21.4. The van der Waals surface area contributed by atoms with Crippen LogP contribution >= 0.6 is 0 Å². The van der Waals surface area contributed by atoms with Crippen LogP contribution in [0.25, 0.3) is 44.5 Å². The van der Waals surface area contributed by atoms with Crippen LogP contribution in [0.4, 0.5) is 0 Å². The molecule has 6 aromatic rings. The largest absolute Gasteiger partial charge is 0.495 e. The third kappa shape index (κ3) is 9.14. The average Bonchev–Trinajstić information content (AvgIpc) is 3.18. The van der Waals surface area contributed by atoms with Gasteiger partial charge >= 0.3 is 0 Å². The quantitative estimate of drug-likeness (QED) is 0.167. The summed E-state index contributed by atoms with van der Waals surface area (Å²) in [5.41, 5.74) is 16.8. The van der Waals surface area contributed by atoms with E-state index >= 15 is 0 Å². The van der Waals surface area contributed by atoms with Gasteiger partial charge in [-0.2, -0.15) is 0 Å². The maximum Gasteiger partial charge on any atom is 0.134 e. The molecule has 59 heavy (non-hydrogen) atoms. The Kier molecular flexibility index (Phi) is 11.8. The highest BCUT2D eigenvalue weighted by molar-refractivity contribution is 5.85. The van der Waals surface area contributed by atoms with Crippen molar-refractivity contribution in [2.24, 2.45) is 0 Å². The normalized spacial score (nSPS) is 12.8. The average molecular weight is 785 g/mol. The van der Waals surface area contributed by atoms with Crippen LogP contribution in [0.2, 0.25) is 0 Å². The molecule has 0 aromatic heterocycles. The van der Waals surface area contributed by atoms with Crippen molar-refractivity contribution in [2.45, 2.75) is 131 Å². The van der Waals surface area contributed by atoms with E-state index in [1.54, 1.807) is 7.11 Å². The second-order valence-corrected chi connectivity index (χ2v) is 21.2. The monoisotopic (exact) mass is 785 g/mol. The molecule has 0 heterocycles. The summed E-state index contributed by atoms with van der Waals surface area (Å²) < 4.78 is 6.38. The van der Waals surface area contributed by atoms with E-state index in [0.717, 1.165) is 55.8 Å². The van der Waals surface area contributed by atoms with Crippen molar-refractivity contribution in [3.63, 3.8) is 0 Å². The Morgan fingerprint density at radius 1 is 0.356 bits per heavy atom. The van der Waals surface area contributed by atoms with Crippen LogP contribution in [-0.2, 0) is 33.7 Å². The van der Waals surface area contributed by atoms with Crippen molar-refractivity contribution in [3.8, 4) is 50.3 Å². The van der Waals surface area contributed by atoms with Crippen LogP contribution in [0, 0.1) is 0 Å². The minimum atomic E-state index is -0.458. The summed E-state index contributed by atoms with van der Waals surface area (Å²) in [5, 5.41) is 11.2. The topological polar surface area (TPSA) is 29.5 Å². The van der Waals surface area contributed by atoms with Crippen LogP contribution in [0.5, 0.6) is 5.75 Å². The Balaban J connectivity index is 1.63. The van der Waals surface area contributed by atoms with Crippen molar-refractivity contribution in [2.75, 3.05) is 7.11 Å². The Morgan fingerprint density at radius 3 is 0.814 bits per heavy atom. The number of ether oxygens (including phenoxy) is 1. The van der Waals surface area contributed by atoms with E-state index in [1.165, 1.54) is 33.4 Å². The Hall–Kier alpha value is -4.92. The van der Waals surface area contributed by atoms with Crippen molar-refractivity contribution in [1.29, 1.82) is 0 Å². The van der Waals surface area contributed by atoms with Crippen molar-refractivity contribution >= 4 is 0 Å². The highest BCUT2D eigenvalue weighted by Crippen LogP contribution is 2.47. The molecule has 0 amide bonds. The van der Waals surface area contributed by atoms with E-state index in [0.29, 0.717) is 0 Å². The maximum absolute atomic E-state index is 11.2. The zero-order chi connectivity index (χ0) is 43.3. The van der Waals surface area contributed by atoms with E-state index in [-0.39, 0.29) is 28.3 Å². The summed E-state index contributed by atoms with van der Waals surface area (Å²) in [5.74, 6) is 0.867. The Morgan fingerprint density at radius 2 is 0.593 bits per heavy atom. The third-order valence-electron chi connectivity index (χ3n) is 12.4. The number of methoxy groups -OCH3 is 1. The number of aliphatic hydroxyl groups is 1. The van der Waals surface area contributed by atoms with Crippen molar-refractivity contribution < 1.29 is 9.84 Å². The van der Waals surface area contributed by atoms with E-state index in [4.69, 9.17) is 4.74 Å². The van der Waals surface area contributed by atoms with Gasteiger partial charge in [-0.15, -0.1) is 0 Å². The van der Waals surface area contributed by atoms with Crippen LogP contribution in [0.15, 0.2) is 121 Å². The third-order valence-corrected chi connectivity index (χ3v) is 12.4. The molecule has 0 atom stereocenters. The van der Waals surface area contributed by atoms with Crippen LogP contribution in [0.3, 0.4) is 0 Å². The van der Waals surface area contributed by atoms with Crippen molar-refractivity contribution in [3.05, 3.63) is 160 Å². The molecule has 0 unspecified atom stereocenters. The summed E-state index contributed by atoms with van der Waals surface area (Å²) >= 11 is 0. The lowest BCUT2D eigenvalue weighted by Gasteiger charge is -2.31. The van der Waals surface area contributed by atoms with Crippen LogP contribution in [-0.4, -0.2) is 12.2 Å². The SMILES string of the molecule is COc1c(-c2ccc(C(C)(C)C)cc2)cc(C(C)(C)c2cc(-c3ccc(C(C)(C)C)cc3)c(CO)c(-c3ccc(C(C)(C)C)cc3)c2)cc1-c1ccc(C(C)(C)C)cc1. The second-order valence-electron chi connectivity index (χ2n) is 21.2. The van der Waals surface area contributed by atoms with E-state index in [2.05, 4.69) is 218 Å². The molecule has 0 saturated heterocycles. The van der Waals surface area contributed by atoms with Gasteiger partial charge in [-0.25, -0.2) is 0 Å². The molecule has 0 bridgehead atoms. The zero-order valence-electron chi connectivity index (χ0n) is 38.6. The molecule has 2 nitrogen and oxygen atoms in total. The Labute approximate surface area is 356 Å². The van der Waals surface area contributed by atoms with Gasteiger partial charge in [-0.1, -0.05) is 194 Å². The minimum Gasteiger partial charge on any atom is -0.495 e. The molecule has 0 fully saturated rings. The summed E-state index contributed by atoms with van der Waals surface area (Å²) in [6.07, 6.45) is 0. The van der Waals surface area contributed by atoms with Gasteiger partial charge in [0.2, 0.25) is 0 Å². The summed E-state index contributed by atoms with van der Waals surface area (Å²) in [6, 6.07) is 45.2. The first kappa shape index (κ1) is 43.7. The van der Waals surface area contributed by atoms with Gasteiger partial charge in [0.1, 0.15) is 5.75 Å². The van der Waals surface area contributed by atoms with Gasteiger partial charge in [0.25, 0.3) is 0 Å². The fourth-order valence-electron chi connectivity index (χ4n) is 8.12. The highest BCUT2D eigenvalue weighted by Gasteiger charge is 2.30. The summed E-state index contributed by atoms with van der Waals surface area (Å²) in [4.78, 5) is 0. The molecule has 0 saturated carbocycles. The van der Waals surface area contributed by atoms with E-state index in [1.807, 2.05) is 0 Å². The highest BCUT2D eigenvalue weighted by atomic mass is 16.5. The number of hydrogen-bond donors (Lipinski definition) is 1. The number of benzene rings is 6. The molecule has 0 aliphatic rings. The van der Waals surface area contributed by atoms with Gasteiger partial charge in [-0.3, -0.25) is 0 Å². The molecule has 0 aliphatic carbocycles. The number of rotatable bonds is 8. The Bertz CT molecular complexity index is 2070. The minimum absolute atomic E-state index is 0.0338. The fraction of sp³-hybridized carbons (Fsp3) is 0.368. The van der Waals surface area contributed by atoms with Gasteiger partial charge < -0.3 is 9.84 Å². The zero-order valence-corrected chi connectivity index (χ0v) is 38.6. The number of hydrogen-bond acceptors (Lipinski definition) is 2. The molecule has 0 radical (unpaired) electrons. The lowest BCUT2D eigenvalue weighted by molar-refractivity contribution is 0.283. The van der Waals surface area contributed by atoms with Gasteiger partial charge in [0.15, 0.2) is 0 Å². The standard InChI is InChI=1S/C57H68O2/c1-53(2,3)41-24-16-37(17-25-41)47-32-45(33-48(51(47)36-58)38-18-26-42(27-19-38)54(4,5)6)57(13,14)46-34-49(39-20-28-43(29-21-39)55(7,8)9)52(59-15)50(35-46)40-22-30-44(31-23-40)56(10,11)12/h16-35,58H,36H2,1-15H3. The lowest BCUT2D eigenvalue weighted by Crippen LogP contribution is -2.20. The van der Waals surface area contributed by atoms with Gasteiger partial charge in [0.05, 0.1) is 13.7 Å². The predicted octanol–water partition coefficient (Wildman–Crippen LogP) is 15.4. The first-order chi connectivity index (χ1) is 27.4. The number of aliphatic hydroxyl groups excluding tert-OH is 1. The molecule has 6 rings (SSSR count). The summed E-state index contributed by atoms with van der Waals surface area (Å²) in [7, 11) is 1.79.